The lowest BCUT2D eigenvalue weighted by molar-refractivity contribution is -0.384. The van der Waals surface area contributed by atoms with Gasteiger partial charge in [0.2, 0.25) is 10.0 Å². The number of nitro benzene ring substituents is 1. The Labute approximate surface area is 146 Å². The van der Waals surface area contributed by atoms with Crippen molar-refractivity contribution in [1.29, 1.82) is 0 Å². The number of benzene rings is 1. The molecule has 9 heteroatoms. The van der Waals surface area contributed by atoms with Crippen molar-refractivity contribution in [3.05, 3.63) is 64.5 Å². The number of non-ortho nitro benzene ring substituents is 1. The summed E-state index contributed by atoms with van der Waals surface area (Å²) in [4.78, 5) is 14.0. The number of nitrogens with zero attached hydrogens (tertiary/aromatic N) is 3. The summed E-state index contributed by atoms with van der Waals surface area (Å²) in [7, 11) is -2.29. The number of nitro groups is 1. The van der Waals surface area contributed by atoms with Crippen molar-refractivity contribution >= 4 is 15.7 Å². The standard InChI is InChI=1S/C16H19N3O5S/c1-18(11-3-5-16(20)13-4-2-10-17-12-13)25(23,24)15-8-6-14(7-9-15)19(21)22/h2,4,6-10,12,16,20H,3,5,11H2,1H3/t16-/m0/s1. The maximum atomic E-state index is 12.4. The Hall–Kier alpha value is -2.36. The number of rotatable bonds is 8. The molecule has 0 bridgehead atoms. The van der Waals surface area contributed by atoms with Crippen LogP contribution in [-0.4, -0.2) is 41.3 Å². The van der Waals surface area contributed by atoms with Crippen LogP contribution < -0.4 is 0 Å². The molecule has 0 aliphatic rings. The number of hydrogen-bond acceptors (Lipinski definition) is 6. The molecule has 2 aromatic rings. The number of aliphatic hydroxyl groups is 1. The number of pyridine rings is 1. The predicted octanol–water partition coefficient (Wildman–Crippen LogP) is 2.12. The summed E-state index contributed by atoms with van der Waals surface area (Å²) in [5, 5.41) is 20.7. The molecule has 1 aromatic carbocycles. The second kappa shape index (κ2) is 8.15. The third-order valence-corrected chi connectivity index (χ3v) is 5.65. The Bertz CT molecular complexity index is 809. The average molecular weight is 365 g/mol. The number of sulfonamides is 1. The molecule has 1 aromatic heterocycles. The first kappa shape index (κ1) is 19.0. The van der Waals surface area contributed by atoms with E-state index in [-0.39, 0.29) is 17.1 Å². The molecular weight excluding hydrogens is 346 g/mol. The molecule has 0 radical (unpaired) electrons. The van der Waals surface area contributed by atoms with Crippen LogP contribution in [0.2, 0.25) is 0 Å². The van der Waals surface area contributed by atoms with Crippen molar-refractivity contribution in [2.24, 2.45) is 0 Å². The maximum Gasteiger partial charge on any atom is 0.269 e. The number of hydrogen-bond donors (Lipinski definition) is 1. The first-order chi connectivity index (χ1) is 11.8. The van der Waals surface area contributed by atoms with Gasteiger partial charge in [-0.1, -0.05) is 6.07 Å². The van der Waals surface area contributed by atoms with Crippen LogP contribution in [0.15, 0.2) is 53.7 Å². The van der Waals surface area contributed by atoms with Gasteiger partial charge < -0.3 is 5.11 Å². The zero-order chi connectivity index (χ0) is 18.4. The van der Waals surface area contributed by atoms with Gasteiger partial charge in [-0.2, -0.15) is 0 Å². The van der Waals surface area contributed by atoms with Crippen molar-refractivity contribution < 1.29 is 18.4 Å². The van der Waals surface area contributed by atoms with Gasteiger partial charge in [0.05, 0.1) is 15.9 Å². The quantitative estimate of drug-likeness (QED) is 0.566. The summed E-state index contributed by atoms with van der Waals surface area (Å²) >= 11 is 0. The Balaban J connectivity index is 1.94. The molecule has 8 nitrogen and oxygen atoms in total. The molecule has 1 atom stereocenters. The smallest absolute Gasteiger partial charge is 0.269 e. The largest absolute Gasteiger partial charge is 0.388 e. The minimum Gasteiger partial charge on any atom is -0.388 e. The molecule has 0 spiro atoms. The summed E-state index contributed by atoms with van der Waals surface area (Å²) in [5.74, 6) is 0. The highest BCUT2D eigenvalue weighted by molar-refractivity contribution is 7.89. The first-order valence-corrected chi connectivity index (χ1v) is 9.05. The Kier molecular flexibility index (Phi) is 6.18. The van der Waals surface area contributed by atoms with E-state index >= 15 is 0 Å². The molecule has 0 amide bonds. The number of aliphatic hydroxyl groups excluding tert-OH is 1. The van der Waals surface area contributed by atoms with Crippen molar-refractivity contribution in [1.82, 2.24) is 9.29 Å². The highest BCUT2D eigenvalue weighted by Crippen LogP contribution is 2.21. The van der Waals surface area contributed by atoms with Crippen LogP contribution in [0.25, 0.3) is 0 Å². The van der Waals surface area contributed by atoms with Gasteiger partial charge in [-0.3, -0.25) is 15.1 Å². The topological polar surface area (TPSA) is 114 Å². The summed E-state index contributed by atoms with van der Waals surface area (Å²) in [5.41, 5.74) is 0.518. The van der Waals surface area contributed by atoms with E-state index in [2.05, 4.69) is 4.98 Å². The van der Waals surface area contributed by atoms with Crippen LogP contribution in [-0.2, 0) is 10.0 Å². The zero-order valence-electron chi connectivity index (χ0n) is 13.6. The highest BCUT2D eigenvalue weighted by atomic mass is 32.2. The summed E-state index contributed by atoms with van der Waals surface area (Å²) < 4.78 is 26.1. The van der Waals surface area contributed by atoms with Crippen LogP contribution in [0.5, 0.6) is 0 Å². The van der Waals surface area contributed by atoms with Crippen molar-refractivity contribution in [3.8, 4) is 0 Å². The highest BCUT2D eigenvalue weighted by Gasteiger charge is 2.21. The molecule has 0 aliphatic heterocycles. The van der Waals surface area contributed by atoms with Gasteiger partial charge in [-0.05, 0) is 36.6 Å². The average Bonchev–Trinajstić information content (AvgIpc) is 2.62. The van der Waals surface area contributed by atoms with E-state index in [0.29, 0.717) is 18.4 Å². The number of aromatic nitrogens is 1. The van der Waals surface area contributed by atoms with Crippen LogP contribution in [0.1, 0.15) is 24.5 Å². The lowest BCUT2D eigenvalue weighted by Gasteiger charge is -2.18. The summed E-state index contributed by atoms with van der Waals surface area (Å²) in [6.07, 6.45) is 3.33. The van der Waals surface area contributed by atoms with Crippen LogP contribution in [0, 0.1) is 10.1 Å². The fourth-order valence-corrected chi connectivity index (χ4v) is 3.50. The van der Waals surface area contributed by atoms with E-state index in [1.165, 1.54) is 23.5 Å². The molecule has 2 rings (SSSR count). The van der Waals surface area contributed by atoms with E-state index in [0.717, 1.165) is 12.1 Å². The van der Waals surface area contributed by atoms with Gasteiger partial charge in [0.25, 0.3) is 5.69 Å². The van der Waals surface area contributed by atoms with Gasteiger partial charge in [-0.15, -0.1) is 0 Å². The van der Waals surface area contributed by atoms with Crippen LogP contribution in [0.3, 0.4) is 0 Å². The minimum atomic E-state index is -3.73. The third-order valence-electron chi connectivity index (χ3n) is 3.78. The second-order valence-electron chi connectivity index (χ2n) is 5.52. The molecular formula is C16H19N3O5S. The monoisotopic (exact) mass is 365 g/mol. The molecule has 0 saturated heterocycles. The van der Waals surface area contributed by atoms with Crippen LogP contribution in [0.4, 0.5) is 5.69 Å². The predicted molar refractivity (Wildman–Crippen MR) is 91.3 cm³/mol. The lowest BCUT2D eigenvalue weighted by Crippen LogP contribution is -2.28. The summed E-state index contributed by atoms with van der Waals surface area (Å²) in [6, 6.07) is 8.24. The Morgan fingerprint density at radius 3 is 2.52 bits per heavy atom. The van der Waals surface area contributed by atoms with E-state index < -0.39 is 21.1 Å². The van der Waals surface area contributed by atoms with Gasteiger partial charge >= 0.3 is 0 Å². The molecule has 0 aliphatic carbocycles. The fraction of sp³-hybridized carbons (Fsp3) is 0.312. The van der Waals surface area contributed by atoms with Gasteiger partial charge in [0.1, 0.15) is 0 Å². The molecule has 25 heavy (non-hydrogen) atoms. The Morgan fingerprint density at radius 2 is 1.96 bits per heavy atom. The molecule has 0 saturated carbocycles. The molecule has 1 heterocycles. The van der Waals surface area contributed by atoms with E-state index in [4.69, 9.17) is 0 Å². The molecule has 0 unspecified atom stereocenters. The third kappa shape index (κ3) is 4.81. The van der Waals surface area contributed by atoms with Crippen molar-refractivity contribution in [3.63, 3.8) is 0 Å². The molecule has 1 N–H and O–H groups in total. The Morgan fingerprint density at radius 1 is 1.28 bits per heavy atom. The molecule has 0 fully saturated rings. The lowest BCUT2D eigenvalue weighted by atomic mass is 10.1. The van der Waals surface area contributed by atoms with Crippen molar-refractivity contribution in [2.45, 2.75) is 23.8 Å². The van der Waals surface area contributed by atoms with Gasteiger partial charge in [0.15, 0.2) is 0 Å². The van der Waals surface area contributed by atoms with E-state index in [1.807, 2.05) is 0 Å². The van der Waals surface area contributed by atoms with Gasteiger partial charge in [-0.25, -0.2) is 12.7 Å². The fourth-order valence-electron chi connectivity index (χ4n) is 2.29. The molecule has 134 valence electrons. The van der Waals surface area contributed by atoms with Crippen molar-refractivity contribution in [2.75, 3.05) is 13.6 Å². The SMILES string of the molecule is CN(CCC[C@H](O)c1cccnc1)S(=O)(=O)c1ccc([N+](=O)[O-])cc1. The van der Waals surface area contributed by atoms with Crippen LogP contribution >= 0.6 is 0 Å². The minimum absolute atomic E-state index is 0.00610. The van der Waals surface area contributed by atoms with E-state index in [1.54, 1.807) is 24.5 Å². The normalized spacial score (nSPS) is 12.9. The first-order valence-electron chi connectivity index (χ1n) is 7.61. The summed E-state index contributed by atoms with van der Waals surface area (Å²) in [6.45, 7) is 0.219. The second-order valence-corrected chi connectivity index (χ2v) is 7.57. The van der Waals surface area contributed by atoms with E-state index in [9.17, 15) is 23.6 Å². The van der Waals surface area contributed by atoms with Gasteiger partial charge in [0, 0.05) is 38.1 Å². The maximum absolute atomic E-state index is 12.4. The zero-order valence-corrected chi connectivity index (χ0v) is 14.5.